The topological polar surface area (TPSA) is 47.3 Å². The minimum absolute atomic E-state index is 0.105. The Bertz CT molecular complexity index is 588. The Labute approximate surface area is 113 Å². The Kier molecular flexibility index (Phi) is 3.90. The van der Waals surface area contributed by atoms with Crippen LogP contribution in [-0.2, 0) is 13.5 Å². The summed E-state index contributed by atoms with van der Waals surface area (Å²) < 4.78 is 7.51. The fourth-order valence-electron chi connectivity index (χ4n) is 2.43. The summed E-state index contributed by atoms with van der Waals surface area (Å²) >= 11 is 0. The number of nitrogens with zero attached hydrogens (tertiary/aromatic N) is 2. The van der Waals surface area contributed by atoms with Gasteiger partial charge in [0.2, 0.25) is 0 Å². The third-order valence-corrected chi connectivity index (χ3v) is 3.34. The summed E-state index contributed by atoms with van der Waals surface area (Å²) in [5.74, 6) is 1.73. The molecule has 0 saturated carbocycles. The summed E-state index contributed by atoms with van der Waals surface area (Å²) in [6, 6.07) is 4.16. The molecule has 0 fully saturated rings. The van der Waals surface area contributed by atoms with Gasteiger partial charge in [0, 0.05) is 19.0 Å². The van der Waals surface area contributed by atoms with Gasteiger partial charge in [0.05, 0.1) is 25.6 Å². The standard InChI is InChI=1S/C15H20N2O2/c1-10-7-11(2)15(13(8-10)19-4)12-9-16-14(5-6-18)17(12)3/h7-9,18H,5-6H2,1-4H3. The first kappa shape index (κ1) is 13.6. The summed E-state index contributed by atoms with van der Waals surface area (Å²) in [4.78, 5) is 4.37. The van der Waals surface area contributed by atoms with Gasteiger partial charge in [-0.15, -0.1) is 0 Å². The summed E-state index contributed by atoms with van der Waals surface area (Å²) in [5.41, 5.74) is 4.41. The second-order valence-electron chi connectivity index (χ2n) is 4.75. The number of aliphatic hydroxyl groups excluding tert-OH is 1. The molecule has 1 aromatic heterocycles. The number of aryl methyl sites for hydroxylation is 2. The molecular formula is C15H20N2O2. The monoisotopic (exact) mass is 260 g/mol. The van der Waals surface area contributed by atoms with Gasteiger partial charge in [0.25, 0.3) is 0 Å². The van der Waals surface area contributed by atoms with Crippen LogP contribution in [0.4, 0.5) is 0 Å². The zero-order chi connectivity index (χ0) is 14.0. The lowest BCUT2D eigenvalue weighted by Crippen LogP contribution is -2.03. The molecule has 102 valence electrons. The van der Waals surface area contributed by atoms with Gasteiger partial charge in [-0.3, -0.25) is 0 Å². The van der Waals surface area contributed by atoms with Crippen molar-refractivity contribution in [2.75, 3.05) is 13.7 Å². The van der Waals surface area contributed by atoms with Crippen molar-refractivity contribution in [3.63, 3.8) is 0 Å². The number of aliphatic hydroxyl groups is 1. The lowest BCUT2D eigenvalue weighted by molar-refractivity contribution is 0.295. The number of hydrogen-bond donors (Lipinski definition) is 1. The predicted molar refractivity (Wildman–Crippen MR) is 75.5 cm³/mol. The number of aromatic nitrogens is 2. The molecule has 0 unspecified atom stereocenters. The number of ether oxygens (including phenoxy) is 1. The highest BCUT2D eigenvalue weighted by molar-refractivity contribution is 5.72. The molecule has 4 nitrogen and oxygen atoms in total. The van der Waals surface area contributed by atoms with Gasteiger partial charge >= 0.3 is 0 Å². The molecule has 2 aromatic rings. The first-order chi connectivity index (χ1) is 9.08. The minimum atomic E-state index is 0.105. The smallest absolute Gasteiger partial charge is 0.128 e. The average molecular weight is 260 g/mol. The van der Waals surface area contributed by atoms with Gasteiger partial charge in [0.15, 0.2) is 0 Å². The van der Waals surface area contributed by atoms with Crippen LogP contribution in [0.2, 0.25) is 0 Å². The Balaban J connectivity index is 2.58. The molecule has 0 spiro atoms. The molecule has 0 amide bonds. The molecule has 0 aliphatic heterocycles. The molecule has 1 aromatic carbocycles. The molecule has 0 radical (unpaired) electrons. The number of rotatable bonds is 4. The van der Waals surface area contributed by atoms with E-state index in [0.29, 0.717) is 6.42 Å². The SMILES string of the molecule is COc1cc(C)cc(C)c1-c1cnc(CCO)n1C. The first-order valence-corrected chi connectivity index (χ1v) is 6.35. The fraction of sp³-hybridized carbons (Fsp3) is 0.400. The summed E-state index contributed by atoms with van der Waals surface area (Å²) in [6.45, 7) is 4.23. The van der Waals surface area contributed by atoms with Crippen molar-refractivity contribution in [3.05, 3.63) is 35.3 Å². The third-order valence-electron chi connectivity index (χ3n) is 3.34. The Morgan fingerprint density at radius 3 is 2.68 bits per heavy atom. The van der Waals surface area contributed by atoms with Crippen LogP contribution in [0.5, 0.6) is 5.75 Å². The van der Waals surface area contributed by atoms with Crippen LogP contribution in [0.15, 0.2) is 18.3 Å². The lowest BCUT2D eigenvalue weighted by atomic mass is 10.0. The normalized spacial score (nSPS) is 10.8. The van der Waals surface area contributed by atoms with Crippen molar-refractivity contribution >= 4 is 0 Å². The van der Waals surface area contributed by atoms with Crippen molar-refractivity contribution in [2.24, 2.45) is 7.05 Å². The van der Waals surface area contributed by atoms with Crippen molar-refractivity contribution in [1.82, 2.24) is 9.55 Å². The van der Waals surface area contributed by atoms with Crippen LogP contribution in [0, 0.1) is 13.8 Å². The molecule has 0 aliphatic rings. The van der Waals surface area contributed by atoms with Crippen LogP contribution in [-0.4, -0.2) is 28.4 Å². The summed E-state index contributed by atoms with van der Waals surface area (Å²) in [7, 11) is 3.65. The van der Waals surface area contributed by atoms with Crippen molar-refractivity contribution in [1.29, 1.82) is 0 Å². The molecule has 19 heavy (non-hydrogen) atoms. The Hall–Kier alpha value is -1.81. The van der Waals surface area contributed by atoms with E-state index in [9.17, 15) is 0 Å². The van der Waals surface area contributed by atoms with Crippen molar-refractivity contribution in [2.45, 2.75) is 20.3 Å². The van der Waals surface area contributed by atoms with Gasteiger partial charge < -0.3 is 14.4 Å². The summed E-state index contributed by atoms with van der Waals surface area (Å²) in [5, 5.41) is 9.04. The molecule has 0 saturated heterocycles. The average Bonchev–Trinajstić information content (AvgIpc) is 2.71. The maximum absolute atomic E-state index is 9.04. The molecular weight excluding hydrogens is 240 g/mol. The van der Waals surface area contributed by atoms with E-state index in [2.05, 4.69) is 24.9 Å². The molecule has 4 heteroatoms. The Morgan fingerprint density at radius 2 is 2.05 bits per heavy atom. The number of benzene rings is 1. The van der Waals surface area contributed by atoms with Crippen molar-refractivity contribution in [3.8, 4) is 17.0 Å². The predicted octanol–water partition coefficient (Wildman–Crippen LogP) is 2.25. The van der Waals surface area contributed by atoms with Gasteiger partial charge in [-0.25, -0.2) is 4.98 Å². The molecule has 0 bridgehead atoms. The van der Waals surface area contributed by atoms with Gasteiger partial charge in [-0.05, 0) is 31.0 Å². The summed E-state index contributed by atoms with van der Waals surface area (Å²) in [6.07, 6.45) is 2.40. The molecule has 2 rings (SSSR count). The van der Waals surface area contributed by atoms with E-state index in [1.807, 2.05) is 23.9 Å². The van der Waals surface area contributed by atoms with E-state index in [1.54, 1.807) is 7.11 Å². The molecule has 1 heterocycles. The van der Waals surface area contributed by atoms with Crippen LogP contribution < -0.4 is 4.74 Å². The van der Waals surface area contributed by atoms with E-state index in [0.717, 1.165) is 28.4 Å². The third kappa shape index (κ3) is 2.49. The van der Waals surface area contributed by atoms with E-state index in [1.165, 1.54) is 5.56 Å². The van der Waals surface area contributed by atoms with Gasteiger partial charge in [-0.2, -0.15) is 0 Å². The van der Waals surface area contributed by atoms with Gasteiger partial charge in [0.1, 0.15) is 11.6 Å². The largest absolute Gasteiger partial charge is 0.496 e. The van der Waals surface area contributed by atoms with Crippen molar-refractivity contribution < 1.29 is 9.84 Å². The quantitative estimate of drug-likeness (QED) is 0.917. The molecule has 0 aliphatic carbocycles. The lowest BCUT2D eigenvalue weighted by Gasteiger charge is -2.14. The Morgan fingerprint density at radius 1 is 1.32 bits per heavy atom. The van der Waals surface area contributed by atoms with Crippen LogP contribution in [0.1, 0.15) is 17.0 Å². The fourth-order valence-corrected chi connectivity index (χ4v) is 2.43. The highest BCUT2D eigenvalue weighted by Crippen LogP contribution is 2.34. The molecule has 0 atom stereocenters. The second kappa shape index (κ2) is 5.45. The number of hydrogen-bond acceptors (Lipinski definition) is 3. The van der Waals surface area contributed by atoms with E-state index in [4.69, 9.17) is 9.84 Å². The van der Waals surface area contributed by atoms with E-state index in [-0.39, 0.29) is 6.61 Å². The maximum Gasteiger partial charge on any atom is 0.128 e. The second-order valence-corrected chi connectivity index (χ2v) is 4.75. The molecule has 1 N–H and O–H groups in total. The highest BCUT2D eigenvalue weighted by atomic mass is 16.5. The van der Waals surface area contributed by atoms with Crippen LogP contribution in [0.3, 0.4) is 0 Å². The highest BCUT2D eigenvalue weighted by Gasteiger charge is 2.15. The van der Waals surface area contributed by atoms with E-state index < -0.39 is 0 Å². The zero-order valence-electron chi connectivity index (χ0n) is 11.9. The maximum atomic E-state index is 9.04. The number of imidazole rings is 1. The van der Waals surface area contributed by atoms with Crippen LogP contribution in [0.25, 0.3) is 11.3 Å². The van der Waals surface area contributed by atoms with Crippen LogP contribution >= 0.6 is 0 Å². The first-order valence-electron chi connectivity index (χ1n) is 6.35. The number of methoxy groups -OCH3 is 1. The zero-order valence-corrected chi connectivity index (χ0v) is 11.9. The minimum Gasteiger partial charge on any atom is -0.496 e. The van der Waals surface area contributed by atoms with E-state index >= 15 is 0 Å². The van der Waals surface area contributed by atoms with Gasteiger partial charge in [-0.1, -0.05) is 6.07 Å².